The summed E-state index contributed by atoms with van der Waals surface area (Å²) in [6, 6.07) is 8.50. The van der Waals surface area contributed by atoms with E-state index < -0.39 is 11.6 Å². The fraction of sp³-hybridized carbons (Fsp3) is 0.412. The largest absolute Gasteiger partial charge is 0.495 e. The molecule has 2 atom stereocenters. The van der Waals surface area contributed by atoms with Gasteiger partial charge in [0.25, 0.3) is 0 Å². The third kappa shape index (κ3) is 8.59. The number of anilines is 2. The number of fused-ring (bicyclic) bond motifs is 1. The van der Waals surface area contributed by atoms with Gasteiger partial charge in [0.2, 0.25) is 0 Å². The number of aryl methyl sites for hydroxylation is 1. The van der Waals surface area contributed by atoms with Crippen LogP contribution in [0.4, 0.5) is 20.2 Å². The highest BCUT2D eigenvalue weighted by molar-refractivity contribution is 6.32. The fourth-order valence-electron chi connectivity index (χ4n) is 5.00. The third-order valence-electron chi connectivity index (χ3n) is 7.28. The molecule has 4 rings (SSSR count). The molecule has 0 fully saturated rings. The van der Waals surface area contributed by atoms with Crippen molar-refractivity contribution in [3.05, 3.63) is 76.6 Å². The van der Waals surface area contributed by atoms with E-state index in [1.54, 1.807) is 13.3 Å². The van der Waals surface area contributed by atoms with E-state index in [0.717, 1.165) is 60.1 Å². The van der Waals surface area contributed by atoms with Gasteiger partial charge in [-0.2, -0.15) is 0 Å². The van der Waals surface area contributed by atoms with Crippen LogP contribution >= 0.6 is 0 Å². The zero-order valence-corrected chi connectivity index (χ0v) is 26.4. The molecule has 1 aromatic heterocycles. The summed E-state index contributed by atoms with van der Waals surface area (Å²) >= 11 is 0. The molecule has 9 heteroatoms. The molecule has 1 aliphatic heterocycles. The molecule has 6 nitrogen and oxygen atoms in total. The number of hydrogen-bond donors (Lipinski definition) is 3. The third-order valence-corrected chi connectivity index (χ3v) is 7.28. The number of methoxy groups -OCH3 is 1. The number of halogens is 2. The zero-order valence-electron chi connectivity index (χ0n) is 26.4. The standard InChI is InChI=1S/C22H26BF2N3.C12H18N2O/c1-4-6-14(12-26-7-5-2)20-9-15-13(3)11-27-21(15)22(28-20)16-8-17(23)19(25)10-18(16)24;1-8(2)14-7-10-5-9(3)6-11(15-4)12(10)13/h5,7-10,13-14,26-27H,4,6,11-12H2,1-3H3;5-8H,13H2,1-4H3. The van der Waals surface area contributed by atoms with Gasteiger partial charge in [-0.05, 0) is 69.6 Å². The molecule has 3 aromatic rings. The van der Waals surface area contributed by atoms with Crippen molar-refractivity contribution in [1.82, 2.24) is 10.3 Å². The Hall–Kier alpha value is -3.88. The van der Waals surface area contributed by atoms with Gasteiger partial charge >= 0.3 is 0 Å². The first-order chi connectivity index (χ1) is 20.5. The minimum Gasteiger partial charge on any atom is -0.495 e. The van der Waals surface area contributed by atoms with Crippen molar-refractivity contribution < 1.29 is 13.5 Å². The molecule has 228 valence electrons. The highest BCUT2D eigenvalue weighted by Crippen LogP contribution is 2.40. The van der Waals surface area contributed by atoms with Crippen molar-refractivity contribution in [2.75, 3.05) is 31.2 Å². The maximum atomic E-state index is 14.6. The lowest BCUT2D eigenvalue weighted by Crippen LogP contribution is -2.18. The minimum absolute atomic E-state index is 0.0803. The maximum Gasteiger partial charge on any atom is 0.142 e. The molecular weight excluding hydrogens is 543 g/mol. The Morgan fingerprint density at radius 3 is 2.60 bits per heavy atom. The number of nitrogens with two attached hydrogens (primary N) is 1. The van der Waals surface area contributed by atoms with Gasteiger partial charge in [0.05, 0.1) is 24.2 Å². The monoisotopic (exact) mass is 587 g/mol. The maximum absolute atomic E-state index is 14.6. The second kappa shape index (κ2) is 15.6. The molecule has 0 amide bonds. The van der Waals surface area contributed by atoms with E-state index in [2.05, 4.69) is 35.5 Å². The van der Waals surface area contributed by atoms with Crippen LogP contribution < -0.4 is 26.6 Å². The number of nitrogens with zero attached hydrogens (tertiary/aromatic N) is 2. The second-order valence-corrected chi connectivity index (χ2v) is 11.2. The minimum atomic E-state index is -0.755. The second-order valence-electron chi connectivity index (χ2n) is 11.2. The molecule has 0 saturated carbocycles. The topological polar surface area (TPSA) is 84.6 Å². The number of pyridine rings is 1. The van der Waals surface area contributed by atoms with Gasteiger partial charge in [-0.25, -0.2) is 8.78 Å². The van der Waals surface area contributed by atoms with Crippen LogP contribution in [0, 0.1) is 18.6 Å². The van der Waals surface area contributed by atoms with E-state index in [4.69, 9.17) is 23.3 Å². The van der Waals surface area contributed by atoms with E-state index in [-0.39, 0.29) is 23.0 Å². The van der Waals surface area contributed by atoms with Crippen molar-refractivity contribution in [3.63, 3.8) is 0 Å². The average molecular weight is 588 g/mol. The van der Waals surface area contributed by atoms with Crippen molar-refractivity contribution in [1.29, 1.82) is 0 Å². The first kappa shape index (κ1) is 33.6. The van der Waals surface area contributed by atoms with E-state index in [9.17, 15) is 8.78 Å². The summed E-state index contributed by atoms with van der Waals surface area (Å²) in [6.45, 7) is 13.8. The Balaban J connectivity index is 0.000000285. The molecule has 2 aromatic carbocycles. The number of nitrogen functional groups attached to an aromatic ring is 1. The van der Waals surface area contributed by atoms with Gasteiger partial charge in [0.1, 0.15) is 25.2 Å². The normalized spacial score (nSPS) is 14.9. The fourth-order valence-corrected chi connectivity index (χ4v) is 5.00. The number of rotatable bonds is 10. The smallest absolute Gasteiger partial charge is 0.142 e. The summed E-state index contributed by atoms with van der Waals surface area (Å²) in [5.41, 5.74) is 12.1. The van der Waals surface area contributed by atoms with Crippen molar-refractivity contribution in [2.24, 2.45) is 4.99 Å². The molecule has 0 aliphatic carbocycles. The van der Waals surface area contributed by atoms with Gasteiger partial charge in [0.15, 0.2) is 0 Å². The van der Waals surface area contributed by atoms with Crippen LogP contribution in [0.1, 0.15) is 81.7 Å². The van der Waals surface area contributed by atoms with Crippen LogP contribution in [0.5, 0.6) is 5.75 Å². The Bertz CT molecular complexity index is 1460. The molecule has 4 N–H and O–H groups in total. The van der Waals surface area contributed by atoms with Crippen LogP contribution in [0.25, 0.3) is 11.3 Å². The van der Waals surface area contributed by atoms with E-state index in [1.165, 1.54) is 6.07 Å². The van der Waals surface area contributed by atoms with Gasteiger partial charge < -0.3 is 21.1 Å². The molecule has 43 heavy (non-hydrogen) atoms. The Morgan fingerprint density at radius 2 is 1.95 bits per heavy atom. The number of aliphatic imine (C=N–C) groups is 1. The highest BCUT2D eigenvalue weighted by Gasteiger charge is 2.27. The predicted molar refractivity (Wildman–Crippen MR) is 177 cm³/mol. The number of ether oxygens (including phenoxy) is 1. The summed E-state index contributed by atoms with van der Waals surface area (Å²) < 4.78 is 33.5. The molecule has 2 heterocycles. The highest BCUT2D eigenvalue weighted by atomic mass is 19.1. The number of aromatic nitrogens is 1. The number of benzene rings is 2. The van der Waals surface area contributed by atoms with Gasteiger partial charge in [0, 0.05) is 60.1 Å². The number of allylic oxidation sites excluding steroid dienone is 1. The van der Waals surface area contributed by atoms with Crippen LogP contribution in [0.2, 0.25) is 0 Å². The van der Waals surface area contributed by atoms with Crippen LogP contribution in [-0.4, -0.2) is 45.3 Å². The van der Waals surface area contributed by atoms with Gasteiger partial charge in [-0.1, -0.05) is 37.9 Å². The Labute approximate surface area is 256 Å². The quantitative estimate of drug-likeness (QED) is 0.139. The lowest BCUT2D eigenvalue weighted by Gasteiger charge is -2.20. The molecule has 0 saturated heterocycles. The van der Waals surface area contributed by atoms with Crippen LogP contribution in [0.3, 0.4) is 0 Å². The van der Waals surface area contributed by atoms with Crippen molar-refractivity contribution in [3.8, 4) is 17.0 Å². The molecule has 2 radical (unpaired) electrons. The predicted octanol–water partition coefficient (Wildman–Crippen LogP) is 6.77. The average Bonchev–Trinajstić information content (AvgIpc) is 3.35. The van der Waals surface area contributed by atoms with E-state index in [0.29, 0.717) is 23.0 Å². The summed E-state index contributed by atoms with van der Waals surface area (Å²) in [6.07, 6.45) is 7.65. The van der Waals surface area contributed by atoms with Crippen molar-refractivity contribution >= 4 is 30.9 Å². The van der Waals surface area contributed by atoms with Gasteiger partial charge in [-0.3, -0.25) is 9.98 Å². The molecule has 0 spiro atoms. The molecule has 0 bridgehead atoms. The Morgan fingerprint density at radius 1 is 1.21 bits per heavy atom. The zero-order chi connectivity index (χ0) is 31.7. The first-order valence-electron chi connectivity index (χ1n) is 14.9. The van der Waals surface area contributed by atoms with E-state index >= 15 is 0 Å². The van der Waals surface area contributed by atoms with Gasteiger partial charge in [-0.15, -0.1) is 0 Å². The first-order valence-corrected chi connectivity index (χ1v) is 14.9. The molecular formula is C34H44BF2N5O. The summed E-state index contributed by atoms with van der Waals surface area (Å²) in [4.78, 5) is 9.15. The molecule has 1 aliphatic rings. The number of hydrogen-bond acceptors (Lipinski definition) is 6. The van der Waals surface area contributed by atoms with Crippen molar-refractivity contribution in [2.45, 2.75) is 72.3 Å². The lowest BCUT2D eigenvalue weighted by molar-refractivity contribution is 0.416. The number of nitrogens with one attached hydrogen (secondary N) is 2. The van der Waals surface area contributed by atoms with Crippen LogP contribution in [0.15, 0.2) is 47.6 Å². The Kier molecular flexibility index (Phi) is 12.2. The summed E-state index contributed by atoms with van der Waals surface area (Å²) in [5, 5.41) is 6.64. The SMILES string of the molecule is COc1cc(C)cc(C=NC(C)C)c1N.[B]c1cc(-c2nc(C(CCC)CNC=CC)cc3c2NCC3C)c(F)cc1F. The summed E-state index contributed by atoms with van der Waals surface area (Å²) in [7, 11) is 7.34. The van der Waals surface area contributed by atoms with Crippen LogP contribution in [-0.2, 0) is 0 Å². The van der Waals surface area contributed by atoms with E-state index in [1.807, 2.05) is 52.1 Å². The lowest BCUT2D eigenvalue weighted by atomic mass is 9.90. The molecule has 2 unspecified atom stereocenters. The summed E-state index contributed by atoms with van der Waals surface area (Å²) in [5.74, 6) is -0.213.